The molecule has 6 heteroatoms. The highest BCUT2D eigenvalue weighted by molar-refractivity contribution is 7.15. The monoisotopic (exact) mass is 361 g/mol. The number of carbonyl (C=O) groups is 2. The molecule has 1 aromatic heterocycles. The molecule has 0 aromatic carbocycles. The summed E-state index contributed by atoms with van der Waals surface area (Å²) in [5, 5.41) is 6.14. The van der Waals surface area contributed by atoms with Crippen molar-refractivity contribution in [3.05, 3.63) is 10.6 Å². The van der Waals surface area contributed by atoms with Crippen LogP contribution in [0.5, 0.6) is 0 Å². The first-order valence-electron chi connectivity index (χ1n) is 9.40. The van der Waals surface area contributed by atoms with Gasteiger partial charge in [-0.1, -0.05) is 0 Å². The molecule has 5 nitrogen and oxygen atoms in total. The smallest absolute Gasteiger partial charge is 0.315 e. The van der Waals surface area contributed by atoms with E-state index in [0.29, 0.717) is 5.13 Å². The van der Waals surface area contributed by atoms with Crippen LogP contribution in [0.2, 0.25) is 0 Å². The minimum absolute atomic E-state index is 0.0546. The Morgan fingerprint density at radius 3 is 2.12 bits per heavy atom. The second-order valence-corrected chi connectivity index (χ2v) is 9.79. The van der Waals surface area contributed by atoms with Gasteiger partial charge in [0.05, 0.1) is 5.69 Å². The van der Waals surface area contributed by atoms with E-state index in [9.17, 15) is 9.59 Å². The number of hydrogen-bond donors (Lipinski definition) is 2. The summed E-state index contributed by atoms with van der Waals surface area (Å²) >= 11 is 1.40. The number of amides is 2. The summed E-state index contributed by atoms with van der Waals surface area (Å²) in [5.74, 6) is 1.36. The predicted molar refractivity (Wildman–Crippen MR) is 98.4 cm³/mol. The highest BCUT2D eigenvalue weighted by Crippen LogP contribution is 2.61. The van der Waals surface area contributed by atoms with E-state index < -0.39 is 11.8 Å². The maximum atomic E-state index is 12.4. The number of carbonyl (C=O) groups excluding carboxylic acids is 2. The molecule has 4 aliphatic rings. The Balaban J connectivity index is 1.39. The van der Waals surface area contributed by atoms with E-state index in [4.69, 9.17) is 0 Å². The molecule has 5 rings (SSSR count). The van der Waals surface area contributed by atoms with Crippen LogP contribution in [-0.2, 0) is 9.59 Å². The lowest BCUT2D eigenvalue weighted by Gasteiger charge is -2.59. The van der Waals surface area contributed by atoms with E-state index in [1.165, 1.54) is 49.9 Å². The molecule has 1 aromatic rings. The van der Waals surface area contributed by atoms with Gasteiger partial charge in [-0.3, -0.25) is 14.9 Å². The summed E-state index contributed by atoms with van der Waals surface area (Å²) < 4.78 is 0. The quantitative estimate of drug-likeness (QED) is 0.811. The number of rotatable bonds is 3. The molecule has 0 spiro atoms. The van der Waals surface area contributed by atoms with Crippen molar-refractivity contribution >= 4 is 28.3 Å². The van der Waals surface area contributed by atoms with Gasteiger partial charge >= 0.3 is 11.8 Å². The van der Waals surface area contributed by atoms with Crippen LogP contribution >= 0.6 is 11.3 Å². The molecule has 1 heterocycles. The summed E-state index contributed by atoms with van der Waals surface area (Å²) in [5.41, 5.74) is 1.10. The molecule has 4 saturated carbocycles. The van der Waals surface area contributed by atoms with E-state index >= 15 is 0 Å². The zero-order valence-corrected chi connectivity index (χ0v) is 16.0. The Kier molecular flexibility index (Phi) is 4.13. The minimum Gasteiger partial charge on any atom is -0.345 e. The normalized spacial score (nSPS) is 34.0. The Bertz CT molecular complexity index is 657. The summed E-state index contributed by atoms with van der Waals surface area (Å²) in [4.78, 5) is 30.0. The highest BCUT2D eigenvalue weighted by Gasteiger charge is 2.53. The molecular formula is C19H27N3O2S. The molecule has 0 radical (unpaired) electrons. The Hall–Kier alpha value is -1.43. The Morgan fingerprint density at radius 2 is 1.64 bits per heavy atom. The van der Waals surface area contributed by atoms with Crippen molar-refractivity contribution in [2.24, 2.45) is 23.2 Å². The van der Waals surface area contributed by atoms with E-state index in [2.05, 4.69) is 22.5 Å². The van der Waals surface area contributed by atoms with E-state index in [1.54, 1.807) is 0 Å². The van der Waals surface area contributed by atoms with Gasteiger partial charge in [0.2, 0.25) is 0 Å². The summed E-state index contributed by atoms with van der Waals surface area (Å²) in [6.45, 7) is 5.95. The maximum absolute atomic E-state index is 12.4. The number of nitrogens with one attached hydrogen (secondary N) is 2. The van der Waals surface area contributed by atoms with Crippen molar-refractivity contribution in [2.75, 3.05) is 5.32 Å². The van der Waals surface area contributed by atoms with E-state index in [0.717, 1.165) is 28.3 Å². The van der Waals surface area contributed by atoms with Crippen LogP contribution in [0.15, 0.2) is 0 Å². The van der Waals surface area contributed by atoms with Gasteiger partial charge in [0.1, 0.15) is 0 Å². The first-order chi connectivity index (χ1) is 11.8. The van der Waals surface area contributed by atoms with E-state index in [1.807, 2.05) is 13.8 Å². The first kappa shape index (κ1) is 17.0. The number of aryl methyl sites for hydroxylation is 2. The average Bonchev–Trinajstić information content (AvgIpc) is 2.83. The Labute approximate surface area is 153 Å². The number of aromatic nitrogens is 1. The van der Waals surface area contributed by atoms with Crippen LogP contribution in [-0.4, -0.2) is 22.8 Å². The van der Waals surface area contributed by atoms with Gasteiger partial charge in [0.25, 0.3) is 0 Å². The SMILES string of the molecule is Cc1nc(NC(=O)C(=O)NC(C)C23CC4CC(CC(C4)C2)C3)sc1C. The lowest BCUT2D eigenvalue weighted by molar-refractivity contribution is -0.138. The number of thiazole rings is 1. The van der Waals surface area contributed by atoms with Gasteiger partial charge in [-0.05, 0) is 82.5 Å². The van der Waals surface area contributed by atoms with Gasteiger partial charge in [-0.15, -0.1) is 11.3 Å². The van der Waals surface area contributed by atoms with Gasteiger partial charge in [0.15, 0.2) is 5.13 Å². The third-order valence-electron chi connectivity index (χ3n) is 6.81. The number of hydrogen-bond acceptors (Lipinski definition) is 4. The third-order valence-corrected chi connectivity index (χ3v) is 7.80. The lowest BCUT2D eigenvalue weighted by atomic mass is 9.48. The molecule has 25 heavy (non-hydrogen) atoms. The molecule has 4 aliphatic carbocycles. The largest absolute Gasteiger partial charge is 0.345 e. The van der Waals surface area contributed by atoms with Crippen molar-refractivity contribution in [3.8, 4) is 0 Å². The standard InChI is InChI=1S/C19H27N3O2S/c1-10-11(2)25-18(20-10)22-17(24)16(23)21-12(3)19-7-13-4-14(8-19)6-15(5-13)9-19/h12-15H,4-9H2,1-3H3,(H,21,23)(H,20,22,24). The van der Waals surface area contributed by atoms with Crippen LogP contribution < -0.4 is 10.6 Å². The molecular weight excluding hydrogens is 334 g/mol. The summed E-state index contributed by atoms with van der Waals surface area (Å²) in [7, 11) is 0. The maximum Gasteiger partial charge on any atom is 0.315 e. The zero-order valence-electron chi connectivity index (χ0n) is 15.2. The second kappa shape index (κ2) is 6.08. The molecule has 4 bridgehead atoms. The van der Waals surface area contributed by atoms with Gasteiger partial charge < -0.3 is 5.32 Å². The van der Waals surface area contributed by atoms with Gasteiger partial charge in [-0.2, -0.15) is 0 Å². The third kappa shape index (κ3) is 3.09. The average molecular weight is 362 g/mol. The Morgan fingerprint density at radius 1 is 1.08 bits per heavy atom. The zero-order chi connectivity index (χ0) is 17.8. The summed E-state index contributed by atoms with van der Waals surface area (Å²) in [6, 6.07) is 0.0546. The van der Waals surface area contributed by atoms with E-state index in [-0.39, 0.29) is 11.5 Å². The van der Waals surface area contributed by atoms with Crippen molar-refractivity contribution < 1.29 is 9.59 Å². The number of anilines is 1. The molecule has 2 amide bonds. The van der Waals surface area contributed by atoms with Crippen molar-refractivity contribution in [2.45, 2.75) is 65.3 Å². The van der Waals surface area contributed by atoms with Gasteiger partial charge in [-0.25, -0.2) is 4.98 Å². The van der Waals surface area contributed by atoms with Crippen LogP contribution in [0.4, 0.5) is 5.13 Å². The lowest BCUT2D eigenvalue weighted by Crippen LogP contribution is -2.57. The van der Waals surface area contributed by atoms with Crippen LogP contribution in [0.3, 0.4) is 0 Å². The fourth-order valence-electron chi connectivity index (χ4n) is 5.80. The van der Waals surface area contributed by atoms with Crippen LogP contribution in [0.25, 0.3) is 0 Å². The fourth-order valence-corrected chi connectivity index (χ4v) is 6.61. The van der Waals surface area contributed by atoms with Crippen molar-refractivity contribution in [3.63, 3.8) is 0 Å². The molecule has 1 atom stereocenters. The molecule has 136 valence electrons. The second-order valence-electron chi connectivity index (χ2n) is 8.59. The van der Waals surface area contributed by atoms with Crippen LogP contribution in [0, 0.1) is 37.0 Å². The molecule has 2 N–H and O–H groups in total. The first-order valence-corrected chi connectivity index (χ1v) is 10.2. The van der Waals surface area contributed by atoms with Gasteiger partial charge in [0, 0.05) is 10.9 Å². The highest BCUT2D eigenvalue weighted by atomic mass is 32.1. The molecule has 0 aliphatic heterocycles. The fraction of sp³-hybridized carbons (Fsp3) is 0.737. The molecule has 4 fully saturated rings. The number of nitrogens with zero attached hydrogens (tertiary/aromatic N) is 1. The van der Waals surface area contributed by atoms with Crippen molar-refractivity contribution in [1.82, 2.24) is 10.3 Å². The predicted octanol–water partition coefficient (Wildman–Crippen LogP) is 3.42. The van der Waals surface area contributed by atoms with Crippen LogP contribution in [0.1, 0.15) is 56.0 Å². The molecule has 1 unspecified atom stereocenters. The minimum atomic E-state index is -0.606. The van der Waals surface area contributed by atoms with Crippen molar-refractivity contribution in [1.29, 1.82) is 0 Å². The topological polar surface area (TPSA) is 71.1 Å². The summed E-state index contributed by atoms with van der Waals surface area (Å²) in [6.07, 6.45) is 7.78. The molecule has 0 saturated heterocycles.